The van der Waals surface area contributed by atoms with Crippen molar-refractivity contribution >= 4 is 16.9 Å². The summed E-state index contributed by atoms with van der Waals surface area (Å²) in [6.07, 6.45) is 10.5. The predicted octanol–water partition coefficient (Wildman–Crippen LogP) is 2.50. The van der Waals surface area contributed by atoms with Crippen molar-refractivity contribution in [1.82, 2.24) is 14.5 Å². The van der Waals surface area contributed by atoms with Crippen molar-refractivity contribution < 1.29 is 9.84 Å². The van der Waals surface area contributed by atoms with Gasteiger partial charge in [-0.3, -0.25) is 0 Å². The molecule has 1 saturated carbocycles. The molecule has 140 valence electrons. The van der Waals surface area contributed by atoms with Crippen LogP contribution in [0.25, 0.3) is 11.0 Å². The molecule has 0 aliphatic heterocycles. The van der Waals surface area contributed by atoms with Gasteiger partial charge in [0, 0.05) is 18.2 Å². The van der Waals surface area contributed by atoms with Crippen LogP contribution in [0.5, 0.6) is 0 Å². The molecule has 2 aromatic rings. The smallest absolute Gasteiger partial charge is 0.160 e. The van der Waals surface area contributed by atoms with E-state index in [1.54, 1.807) is 20.0 Å². The fourth-order valence-corrected chi connectivity index (χ4v) is 3.88. The van der Waals surface area contributed by atoms with E-state index in [9.17, 15) is 5.11 Å². The van der Waals surface area contributed by atoms with E-state index in [4.69, 9.17) is 16.2 Å². The number of aliphatic hydroxyl groups is 1. The number of rotatable bonds is 5. The lowest BCUT2D eigenvalue weighted by Gasteiger charge is -2.28. The second kappa shape index (κ2) is 7.09. The van der Waals surface area contributed by atoms with Gasteiger partial charge in [0.05, 0.1) is 11.5 Å². The SMILES string of the molecule is C/C=C(\C=C/N)C1CC(n2ccc3c(N)ncnc32)C[C@@H]1OC(C)(C)O. The third-order valence-corrected chi connectivity index (χ3v) is 4.90. The predicted molar refractivity (Wildman–Crippen MR) is 102 cm³/mol. The van der Waals surface area contributed by atoms with E-state index in [0.717, 1.165) is 29.4 Å². The summed E-state index contributed by atoms with van der Waals surface area (Å²) in [5.74, 6) is -0.588. The fraction of sp³-hybridized carbons (Fsp3) is 0.474. The number of fused-ring (bicyclic) bond motifs is 1. The molecule has 1 fully saturated rings. The van der Waals surface area contributed by atoms with E-state index < -0.39 is 5.79 Å². The number of allylic oxidation sites excluding steroid dienone is 2. The molecule has 26 heavy (non-hydrogen) atoms. The van der Waals surface area contributed by atoms with Crippen molar-refractivity contribution in [2.24, 2.45) is 11.7 Å². The van der Waals surface area contributed by atoms with Gasteiger partial charge in [-0.25, -0.2) is 9.97 Å². The van der Waals surface area contributed by atoms with Gasteiger partial charge in [-0.05, 0) is 57.5 Å². The highest BCUT2D eigenvalue weighted by Crippen LogP contribution is 2.43. The average Bonchev–Trinajstić information content (AvgIpc) is 3.16. The number of aromatic nitrogens is 3. The van der Waals surface area contributed by atoms with Crippen LogP contribution in [0.2, 0.25) is 0 Å². The summed E-state index contributed by atoms with van der Waals surface area (Å²) in [6.45, 7) is 5.30. The summed E-state index contributed by atoms with van der Waals surface area (Å²) in [6, 6.07) is 2.13. The molecule has 0 saturated heterocycles. The van der Waals surface area contributed by atoms with Crippen LogP contribution in [0.4, 0.5) is 5.82 Å². The van der Waals surface area contributed by atoms with E-state index >= 15 is 0 Å². The average molecular weight is 357 g/mol. The molecule has 2 heterocycles. The Balaban J connectivity index is 1.95. The summed E-state index contributed by atoms with van der Waals surface area (Å²) in [7, 11) is 0. The molecule has 5 N–H and O–H groups in total. The molecule has 0 radical (unpaired) electrons. The Labute approximate surface area is 153 Å². The summed E-state index contributed by atoms with van der Waals surface area (Å²) in [5, 5.41) is 11.0. The van der Waals surface area contributed by atoms with Gasteiger partial charge >= 0.3 is 0 Å². The van der Waals surface area contributed by atoms with E-state index in [0.29, 0.717) is 5.82 Å². The normalized spacial score (nSPS) is 24.8. The molecule has 2 aromatic heterocycles. The zero-order chi connectivity index (χ0) is 18.9. The Bertz CT molecular complexity index is 834. The molecular formula is C19H27N5O2. The minimum atomic E-state index is -1.20. The molecule has 0 amide bonds. The van der Waals surface area contributed by atoms with Crippen LogP contribution < -0.4 is 11.5 Å². The highest BCUT2D eigenvalue weighted by atomic mass is 16.6. The zero-order valence-corrected chi connectivity index (χ0v) is 15.5. The summed E-state index contributed by atoms with van der Waals surface area (Å²) in [4.78, 5) is 8.46. The second-order valence-electron chi connectivity index (χ2n) is 7.20. The molecule has 7 heteroatoms. The van der Waals surface area contributed by atoms with Crippen LogP contribution in [0.1, 0.15) is 39.7 Å². The molecule has 0 bridgehead atoms. The van der Waals surface area contributed by atoms with E-state index in [1.807, 2.05) is 31.3 Å². The van der Waals surface area contributed by atoms with Crippen molar-refractivity contribution in [2.75, 3.05) is 5.73 Å². The molecule has 0 aromatic carbocycles. The lowest BCUT2D eigenvalue weighted by Crippen LogP contribution is -2.32. The molecule has 1 aliphatic rings. The Kier molecular flexibility index (Phi) is 5.02. The maximum atomic E-state index is 10.2. The number of nitrogens with two attached hydrogens (primary N) is 2. The Morgan fingerprint density at radius 2 is 2.15 bits per heavy atom. The van der Waals surface area contributed by atoms with Gasteiger partial charge in [0.25, 0.3) is 0 Å². The van der Waals surface area contributed by atoms with Gasteiger partial charge in [0.15, 0.2) is 5.79 Å². The first-order valence-electron chi connectivity index (χ1n) is 8.85. The van der Waals surface area contributed by atoms with Crippen molar-refractivity contribution in [2.45, 2.75) is 51.5 Å². The summed E-state index contributed by atoms with van der Waals surface area (Å²) < 4.78 is 8.11. The minimum Gasteiger partial charge on any atom is -0.405 e. The fourth-order valence-electron chi connectivity index (χ4n) is 3.88. The Morgan fingerprint density at radius 3 is 2.81 bits per heavy atom. The van der Waals surface area contributed by atoms with Gasteiger partial charge in [-0.15, -0.1) is 0 Å². The van der Waals surface area contributed by atoms with Crippen LogP contribution in [-0.2, 0) is 4.74 Å². The first-order valence-corrected chi connectivity index (χ1v) is 8.85. The topological polar surface area (TPSA) is 112 Å². The molecule has 7 nitrogen and oxygen atoms in total. The standard InChI is InChI=1S/C19H27N5O2/c1-4-12(5-7-20)15-9-13(10-16(15)26-19(2,3)25)24-8-6-14-17(21)22-11-23-18(14)24/h4-8,11,13,15-16,25H,9-10,20H2,1-3H3,(H2,21,22,23)/b7-5-,12-4+/t13?,15?,16-/m0/s1. The van der Waals surface area contributed by atoms with Gasteiger partial charge in [0.2, 0.25) is 0 Å². The zero-order valence-electron chi connectivity index (χ0n) is 15.5. The van der Waals surface area contributed by atoms with Gasteiger partial charge in [-0.2, -0.15) is 0 Å². The van der Waals surface area contributed by atoms with Crippen LogP contribution in [-0.4, -0.2) is 31.5 Å². The highest BCUT2D eigenvalue weighted by molar-refractivity contribution is 5.86. The van der Waals surface area contributed by atoms with Crippen molar-refractivity contribution in [3.05, 3.63) is 42.5 Å². The maximum Gasteiger partial charge on any atom is 0.160 e. The van der Waals surface area contributed by atoms with Crippen LogP contribution in [0, 0.1) is 5.92 Å². The molecule has 0 spiro atoms. The molecule has 1 aliphatic carbocycles. The lowest BCUT2D eigenvalue weighted by molar-refractivity contribution is -0.210. The Morgan fingerprint density at radius 1 is 1.38 bits per heavy atom. The largest absolute Gasteiger partial charge is 0.405 e. The number of nitrogens with zero attached hydrogens (tertiary/aromatic N) is 3. The van der Waals surface area contributed by atoms with Crippen molar-refractivity contribution in [3.63, 3.8) is 0 Å². The molecule has 3 rings (SSSR count). The molecule has 3 atom stereocenters. The summed E-state index contributed by atoms with van der Waals surface area (Å²) >= 11 is 0. The van der Waals surface area contributed by atoms with E-state index in [-0.39, 0.29) is 18.1 Å². The van der Waals surface area contributed by atoms with E-state index in [1.165, 1.54) is 6.33 Å². The second-order valence-corrected chi connectivity index (χ2v) is 7.20. The number of hydrogen-bond acceptors (Lipinski definition) is 6. The number of hydrogen-bond donors (Lipinski definition) is 3. The van der Waals surface area contributed by atoms with Crippen molar-refractivity contribution in [1.29, 1.82) is 0 Å². The third kappa shape index (κ3) is 3.59. The third-order valence-electron chi connectivity index (χ3n) is 4.90. The van der Waals surface area contributed by atoms with Crippen LogP contribution in [0.15, 0.2) is 42.5 Å². The number of anilines is 1. The van der Waals surface area contributed by atoms with Crippen LogP contribution >= 0.6 is 0 Å². The highest BCUT2D eigenvalue weighted by Gasteiger charge is 2.40. The molecular weight excluding hydrogens is 330 g/mol. The molecule has 2 unspecified atom stereocenters. The lowest BCUT2D eigenvalue weighted by atomic mass is 9.94. The van der Waals surface area contributed by atoms with Gasteiger partial charge in [-0.1, -0.05) is 6.08 Å². The quantitative estimate of drug-likeness (QED) is 0.560. The first-order chi connectivity index (χ1) is 12.3. The number of ether oxygens (including phenoxy) is 1. The summed E-state index contributed by atoms with van der Waals surface area (Å²) in [5.41, 5.74) is 13.5. The van der Waals surface area contributed by atoms with Crippen molar-refractivity contribution in [3.8, 4) is 0 Å². The number of nitrogen functional groups attached to an aromatic ring is 1. The Hall–Kier alpha value is -2.38. The monoisotopic (exact) mass is 357 g/mol. The van der Waals surface area contributed by atoms with Gasteiger partial charge < -0.3 is 25.9 Å². The van der Waals surface area contributed by atoms with E-state index in [2.05, 4.69) is 14.5 Å². The van der Waals surface area contributed by atoms with Gasteiger partial charge in [0.1, 0.15) is 17.8 Å². The minimum absolute atomic E-state index is 0.126. The first kappa shape index (κ1) is 18.4. The van der Waals surface area contributed by atoms with Crippen LogP contribution in [0.3, 0.4) is 0 Å². The maximum absolute atomic E-state index is 10.2.